The molecule has 1 amide bonds. The van der Waals surface area contributed by atoms with Crippen molar-refractivity contribution in [3.05, 3.63) is 0 Å². The number of aliphatic hydroxyl groups is 1. The van der Waals surface area contributed by atoms with Gasteiger partial charge >= 0.3 is 12.1 Å². The van der Waals surface area contributed by atoms with Crippen molar-refractivity contribution < 1.29 is 24.9 Å². The van der Waals surface area contributed by atoms with Crippen molar-refractivity contribution in [1.29, 1.82) is 0 Å². The van der Waals surface area contributed by atoms with E-state index in [1.807, 2.05) is 0 Å². The van der Waals surface area contributed by atoms with Crippen LogP contribution >= 0.6 is 0 Å². The predicted octanol–water partition coefficient (Wildman–Crippen LogP) is -1.30. The van der Waals surface area contributed by atoms with Gasteiger partial charge < -0.3 is 20.6 Å². The first-order chi connectivity index (χ1) is 4.57. The van der Waals surface area contributed by atoms with Crippen LogP contribution in [0.15, 0.2) is 0 Å². The maximum Gasteiger partial charge on any atom is 0.405 e. The molecule has 58 valence electrons. The Bertz CT molecular complexity index is 145. The summed E-state index contributed by atoms with van der Waals surface area (Å²) in [7, 11) is 0. The Labute approximate surface area is 56.1 Å². The second kappa shape index (κ2) is 3.67. The van der Waals surface area contributed by atoms with Gasteiger partial charge in [-0.3, -0.25) is 0 Å². The molecule has 0 unspecified atom stereocenters. The van der Waals surface area contributed by atoms with Crippen molar-refractivity contribution in [2.75, 3.05) is 6.61 Å². The molecule has 0 aliphatic heterocycles. The minimum atomic E-state index is -1.47. The van der Waals surface area contributed by atoms with E-state index in [9.17, 15) is 9.59 Å². The number of carboxylic acids is 1. The molecule has 0 aliphatic rings. The second-order valence-corrected chi connectivity index (χ2v) is 1.52. The molecule has 6 nitrogen and oxygen atoms in total. The average Bonchev–Trinajstić information content (AvgIpc) is 1.81. The van der Waals surface area contributed by atoms with Crippen LogP contribution in [0.5, 0.6) is 0 Å². The molecule has 0 aromatic carbocycles. The fourth-order valence-electron chi connectivity index (χ4n) is 0.335. The largest absolute Gasteiger partial charge is 0.480 e. The van der Waals surface area contributed by atoms with Crippen LogP contribution in [0.2, 0.25) is 0 Å². The first-order valence-corrected chi connectivity index (χ1v) is 2.41. The Hall–Kier alpha value is -1.30. The summed E-state index contributed by atoms with van der Waals surface area (Å²) in [5.74, 6) is -1.40. The van der Waals surface area contributed by atoms with E-state index in [-0.39, 0.29) is 0 Å². The van der Waals surface area contributed by atoms with Gasteiger partial charge in [0.2, 0.25) is 0 Å². The number of carbonyl (C=O) groups is 2. The molecular formula is C4H7NO5. The molecule has 0 fully saturated rings. The summed E-state index contributed by atoms with van der Waals surface area (Å²) in [5, 5.41) is 25.9. The fraction of sp³-hybridized carbons (Fsp3) is 0.500. The van der Waals surface area contributed by atoms with Gasteiger partial charge in [0, 0.05) is 0 Å². The van der Waals surface area contributed by atoms with Crippen molar-refractivity contribution >= 4 is 12.1 Å². The number of aliphatic hydroxyl groups excluding tert-OH is 1. The summed E-state index contributed by atoms with van der Waals surface area (Å²) in [6.45, 7) is -0.748. The van der Waals surface area contributed by atoms with E-state index in [0.717, 1.165) is 0 Å². The van der Waals surface area contributed by atoms with E-state index in [1.54, 1.807) is 5.32 Å². The number of hydrogen-bond donors (Lipinski definition) is 4. The molecular weight excluding hydrogens is 142 g/mol. The lowest BCUT2D eigenvalue weighted by atomic mass is 10.3. The van der Waals surface area contributed by atoms with Crippen molar-refractivity contribution in [2.24, 2.45) is 0 Å². The minimum Gasteiger partial charge on any atom is -0.480 e. The quantitative estimate of drug-likeness (QED) is 0.399. The van der Waals surface area contributed by atoms with Crippen LogP contribution in [0.1, 0.15) is 0 Å². The van der Waals surface area contributed by atoms with Gasteiger partial charge in [-0.05, 0) is 0 Å². The van der Waals surface area contributed by atoms with Gasteiger partial charge in [0.25, 0.3) is 0 Å². The lowest BCUT2D eigenvalue weighted by Gasteiger charge is -2.06. The molecule has 4 N–H and O–H groups in total. The van der Waals surface area contributed by atoms with Crippen molar-refractivity contribution in [3.63, 3.8) is 0 Å². The van der Waals surface area contributed by atoms with Crippen LogP contribution in [0.3, 0.4) is 0 Å². The molecule has 0 spiro atoms. The van der Waals surface area contributed by atoms with Gasteiger partial charge in [-0.1, -0.05) is 0 Å². The van der Waals surface area contributed by atoms with Gasteiger partial charge in [0.15, 0.2) is 6.04 Å². The van der Waals surface area contributed by atoms with Crippen molar-refractivity contribution in [1.82, 2.24) is 5.32 Å². The van der Waals surface area contributed by atoms with E-state index < -0.39 is 24.7 Å². The number of aliphatic carboxylic acids is 1. The van der Waals surface area contributed by atoms with E-state index in [0.29, 0.717) is 0 Å². The lowest BCUT2D eigenvalue weighted by Crippen LogP contribution is -2.42. The Kier molecular flexibility index (Phi) is 3.20. The highest BCUT2D eigenvalue weighted by atomic mass is 16.4. The minimum absolute atomic E-state index is 0.748. The van der Waals surface area contributed by atoms with Gasteiger partial charge in [-0.25, -0.2) is 9.59 Å². The molecule has 0 radical (unpaired) electrons. The Morgan fingerprint density at radius 2 is 1.90 bits per heavy atom. The number of rotatable bonds is 3. The normalized spacial score (nSPS) is 12.1. The molecule has 1 atom stereocenters. The van der Waals surface area contributed by atoms with E-state index >= 15 is 0 Å². The summed E-state index contributed by atoms with van der Waals surface area (Å²) >= 11 is 0. The van der Waals surface area contributed by atoms with Crippen LogP contribution in [-0.4, -0.2) is 40.0 Å². The van der Waals surface area contributed by atoms with Crippen LogP contribution in [0.25, 0.3) is 0 Å². The number of hydrogen-bond acceptors (Lipinski definition) is 3. The van der Waals surface area contributed by atoms with Crippen LogP contribution in [0, 0.1) is 0 Å². The third kappa shape index (κ3) is 2.88. The summed E-state index contributed by atoms with van der Waals surface area (Å²) in [5.41, 5.74) is 0. The number of amides is 1. The zero-order valence-corrected chi connectivity index (χ0v) is 4.94. The molecule has 0 saturated carbocycles. The molecule has 0 aromatic heterocycles. The summed E-state index contributed by atoms with van der Waals surface area (Å²) in [4.78, 5) is 19.8. The van der Waals surface area contributed by atoms with Crippen LogP contribution in [0.4, 0.5) is 4.79 Å². The highest BCUT2D eigenvalue weighted by Crippen LogP contribution is 1.80. The highest BCUT2D eigenvalue weighted by molar-refractivity contribution is 5.79. The van der Waals surface area contributed by atoms with Crippen molar-refractivity contribution in [3.8, 4) is 0 Å². The summed E-state index contributed by atoms with van der Waals surface area (Å²) in [6, 6.07) is -1.43. The van der Waals surface area contributed by atoms with Gasteiger partial charge in [-0.15, -0.1) is 0 Å². The second-order valence-electron chi connectivity index (χ2n) is 1.52. The van der Waals surface area contributed by atoms with E-state index in [2.05, 4.69) is 0 Å². The lowest BCUT2D eigenvalue weighted by molar-refractivity contribution is -0.140. The monoisotopic (exact) mass is 149 g/mol. The molecule has 0 aliphatic carbocycles. The number of carboxylic acid groups (broad SMARTS) is 2. The van der Waals surface area contributed by atoms with Gasteiger partial charge in [0.1, 0.15) is 0 Å². The highest BCUT2D eigenvalue weighted by Gasteiger charge is 2.17. The fourth-order valence-corrected chi connectivity index (χ4v) is 0.335. The first-order valence-electron chi connectivity index (χ1n) is 2.41. The van der Waals surface area contributed by atoms with E-state index in [4.69, 9.17) is 15.3 Å². The summed E-state index contributed by atoms with van der Waals surface area (Å²) in [6.07, 6.45) is -1.47. The third-order valence-corrected chi connectivity index (χ3v) is 0.778. The topological polar surface area (TPSA) is 107 Å². The summed E-state index contributed by atoms with van der Waals surface area (Å²) < 4.78 is 0. The Balaban J connectivity index is 3.83. The molecule has 0 heterocycles. The van der Waals surface area contributed by atoms with Crippen molar-refractivity contribution in [2.45, 2.75) is 6.04 Å². The van der Waals surface area contributed by atoms with Gasteiger partial charge in [0.05, 0.1) is 6.61 Å². The van der Waals surface area contributed by atoms with Gasteiger partial charge in [-0.2, -0.15) is 0 Å². The Morgan fingerprint density at radius 1 is 1.40 bits per heavy atom. The molecule has 0 aromatic rings. The molecule has 0 rings (SSSR count). The predicted molar refractivity (Wildman–Crippen MR) is 29.7 cm³/mol. The molecule has 0 bridgehead atoms. The van der Waals surface area contributed by atoms with Crippen LogP contribution < -0.4 is 5.32 Å². The number of nitrogens with one attached hydrogen (secondary N) is 1. The van der Waals surface area contributed by atoms with Crippen LogP contribution in [-0.2, 0) is 4.79 Å². The maximum atomic E-state index is 9.98. The first kappa shape index (κ1) is 8.70. The van der Waals surface area contributed by atoms with E-state index in [1.165, 1.54) is 0 Å². The standard InChI is InChI=1S/C4H7NO5/c6-1-2(3(7)8)5-4(9)10/h2,5-6H,1H2,(H,7,8)(H,9,10)/t2-/m0/s1. The zero-order valence-electron chi connectivity index (χ0n) is 4.94. The smallest absolute Gasteiger partial charge is 0.405 e. The molecule has 0 saturated heterocycles. The zero-order chi connectivity index (χ0) is 8.15. The third-order valence-electron chi connectivity index (χ3n) is 0.778. The average molecular weight is 149 g/mol. The maximum absolute atomic E-state index is 9.98. The SMILES string of the molecule is O=C(O)N[C@@H](CO)C(=O)O. The molecule has 10 heavy (non-hydrogen) atoms. The Morgan fingerprint density at radius 3 is 2.00 bits per heavy atom. The molecule has 6 heteroatoms.